The number of imide groups is 2. The highest BCUT2D eigenvalue weighted by Crippen LogP contribution is 2.42. The molecule has 2 atom stereocenters. The summed E-state index contributed by atoms with van der Waals surface area (Å²) in [6, 6.07) is 38.5. The lowest BCUT2D eigenvalue weighted by Crippen LogP contribution is -2.56. The Morgan fingerprint density at radius 3 is 1.69 bits per heavy atom. The molecular weight excluding hydrogens is 872 g/mol. The summed E-state index contributed by atoms with van der Waals surface area (Å²) in [6.07, 6.45) is 4.37. The van der Waals surface area contributed by atoms with E-state index < -0.39 is 22.0 Å². The molecule has 6 aromatic rings. The van der Waals surface area contributed by atoms with Crippen LogP contribution >= 0.6 is 11.6 Å². The molecule has 6 heterocycles. The zero-order valence-electron chi connectivity index (χ0n) is 36.8. The van der Waals surface area contributed by atoms with Gasteiger partial charge < -0.3 is 19.7 Å². The number of halogens is 1. The van der Waals surface area contributed by atoms with Gasteiger partial charge in [0.05, 0.1) is 22.5 Å². The Labute approximate surface area is 392 Å². The molecule has 3 N–H and O–H groups in total. The molecule has 15 heteroatoms. The Morgan fingerprint density at radius 2 is 1.13 bits per heavy atom. The van der Waals surface area contributed by atoms with Crippen molar-refractivity contribution in [2.75, 3.05) is 36.5 Å². The van der Waals surface area contributed by atoms with Gasteiger partial charge in [0.15, 0.2) is 0 Å². The first-order valence-corrected chi connectivity index (χ1v) is 22.1. The van der Waals surface area contributed by atoms with E-state index in [1.165, 1.54) is 6.20 Å². The number of anilines is 2. The van der Waals surface area contributed by atoms with E-state index >= 15 is 0 Å². The minimum atomic E-state index is -1.02. The molecule has 0 radical (unpaired) electrons. The highest BCUT2D eigenvalue weighted by molar-refractivity contribution is 6.67. The maximum absolute atomic E-state index is 13.6. The maximum Gasteiger partial charge on any atom is 0.259 e. The summed E-state index contributed by atoms with van der Waals surface area (Å²) in [6.45, 7) is 4.62. The summed E-state index contributed by atoms with van der Waals surface area (Å²) in [4.78, 5) is 82.3. The summed E-state index contributed by atoms with van der Waals surface area (Å²) in [5.41, 5.74) is 6.42. The third-order valence-corrected chi connectivity index (χ3v) is 12.4. The zero-order chi connectivity index (χ0) is 47.1. The smallest absolute Gasteiger partial charge is 0.259 e. The summed E-state index contributed by atoms with van der Waals surface area (Å²) in [5.74, 6) is -0.190. The number of benzene rings is 4. The van der Waals surface area contributed by atoms with Crippen molar-refractivity contribution in [3.63, 3.8) is 0 Å². The lowest BCUT2D eigenvalue weighted by molar-refractivity contribution is -0.144. The van der Waals surface area contributed by atoms with E-state index in [4.69, 9.17) is 21.1 Å². The number of pyridine rings is 2. The van der Waals surface area contributed by atoms with Crippen molar-refractivity contribution in [1.29, 1.82) is 0 Å². The fraction of sp³-hybridized carbons (Fsp3) is 0.231. The molecular formula is C52H47ClN6O8. The SMILES string of the molecule is Cc1ccc(C(=O)Cl)cn1.Cc1ccc(C(=O)N2CC3(CCC(=O)NC3=O)COc3cc(-c4ccccc4)ccc32)cn1.O=C1CCC2(CNc3ccc(-c4ccccc4)cc3OC2)C(=O)N1. The second-order valence-corrected chi connectivity index (χ2v) is 17.3. The molecule has 2 unspecified atom stereocenters. The van der Waals surface area contributed by atoms with Crippen molar-refractivity contribution in [2.45, 2.75) is 39.5 Å². The second kappa shape index (κ2) is 19.8. The number of aromatic nitrogens is 2. The summed E-state index contributed by atoms with van der Waals surface area (Å²) in [5, 5.41) is 7.71. The molecule has 67 heavy (non-hydrogen) atoms. The number of piperidine rings is 2. The van der Waals surface area contributed by atoms with Crippen molar-refractivity contribution in [3.8, 4) is 33.8 Å². The lowest BCUT2D eigenvalue weighted by atomic mass is 9.79. The van der Waals surface area contributed by atoms with Crippen molar-refractivity contribution in [2.24, 2.45) is 10.8 Å². The summed E-state index contributed by atoms with van der Waals surface area (Å²) >= 11 is 5.18. The van der Waals surface area contributed by atoms with Crippen LogP contribution in [0.25, 0.3) is 22.3 Å². The van der Waals surface area contributed by atoms with E-state index in [0.717, 1.165) is 45.1 Å². The number of hydrogen-bond acceptors (Lipinski definition) is 11. The number of nitrogens with zero attached hydrogens (tertiary/aromatic N) is 3. The van der Waals surface area contributed by atoms with Gasteiger partial charge in [0, 0.05) is 49.7 Å². The third-order valence-electron chi connectivity index (χ3n) is 12.2. The van der Waals surface area contributed by atoms with Crippen LogP contribution in [0.1, 0.15) is 57.8 Å². The third kappa shape index (κ3) is 10.4. The predicted octanol–water partition coefficient (Wildman–Crippen LogP) is 7.87. The first kappa shape index (κ1) is 45.8. The number of aryl methyl sites for hydroxylation is 2. The molecule has 340 valence electrons. The van der Waals surface area contributed by atoms with Gasteiger partial charge in [0.25, 0.3) is 11.1 Å². The normalized spacial score (nSPS) is 19.4. The average Bonchev–Trinajstić information content (AvgIpc) is 3.64. The predicted molar refractivity (Wildman–Crippen MR) is 253 cm³/mol. The molecule has 0 bridgehead atoms. The van der Waals surface area contributed by atoms with Gasteiger partial charge in [-0.3, -0.25) is 49.4 Å². The molecule has 2 saturated heterocycles. The Balaban J connectivity index is 0.000000156. The Morgan fingerprint density at radius 1 is 0.612 bits per heavy atom. The van der Waals surface area contributed by atoms with Crippen LogP contribution in [0.5, 0.6) is 11.5 Å². The topological polar surface area (TPSA) is 186 Å². The molecule has 10 rings (SSSR count). The van der Waals surface area contributed by atoms with Gasteiger partial charge in [-0.15, -0.1) is 0 Å². The van der Waals surface area contributed by atoms with Crippen molar-refractivity contribution >= 4 is 57.8 Å². The molecule has 4 aliphatic rings. The molecule has 2 fully saturated rings. The van der Waals surface area contributed by atoms with Gasteiger partial charge in [-0.25, -0.2) is 0 Å². The molecule has 2 aromatic heterocycles. The first-order chi connectivity index (χ1) is 32.3. The molecule has 4 aromatic carbocycles. The Hall–Kier alpha value is -7.71. The van der Waals surface area contributed by atoms with Gasteiger partial charge in [0.1, 0.15) is 35.5 Å². The van der Waals surface area contributed by atoms with Gasteiger partial charge in [-0.1, -0.05) is 72.8 Å². The number of rotatable bonds is 4. The van der Waals surface area contributed by atoms with E-state index in [-0.39, 0.29) is 49.8 Å². The number of hydrogen-bond donors (Lipinski definition) is 3. The van der Waals surface area contributed by atoms with E-state index in [9.17, 15) is 28.8 Å². The zero-order valence-corrected chi connectivity index (χ0v) is 37.6. The molecule has 2 spiro atoms. The van der Waals surface area contributed by atoms with Gasteiger partial charge >= 0.3 is 0 Å². The monoisotopic (exact) mass is 918 g/mol. The Bertz CT molecular complexity index is 2840. The standard InChI is InChI=1S/C26H23N3O4.C19H18N2O3.C7H6ClNO/c1-17-7-8-20(14-27-17)24(31)29-15-26(12-11-23(30)28-25(26)32)16-33-22-13-19(9-10-21(22)29)18-5-3-2-4-6-18;22-17-8-9-19(18(23)21-17)11-20-15-7-6-14(10-16(15)24-12-19)13-4-2-1-3-5-13;1-5-2-3-6(4-9-5)7(8)10/h2-10,13-14H,11-12,15-16H2,1H3,(H,28,30,32);1-7,10,20H,8-9,11-12H2,(H,21,22,23);2-4H,1H3. The highest BCUT2D eigenvalue weighted by atomic mass is 35.5. The molecule has 14 nitrogen and oxygen atoms in total. The van der Waals surface area contributed by atoms with Crippen molar-refractivity contribution in [1.82, 2.24) is 20.6 Å². The van der Waals surface area contributed by atoms with Crippen LogP contribution < -0.4 is 30.3 Å². The van der Waals surface area contributed by atoms with Gasteiger partial charge in [-0.05, 0) is 109 Å². The number of carbonyl (C=O) groups is 6. The van der Waals surface area contributed by atoms with Crippen LogP contribution in [0.15, 0.2) is 134 Å². The number of nitrogens with one attached hydrogen (secondary N) is 3. The number of fused-ring (bicyclic) bond motifs is 2. The van der Waals surface area contributed by atoms with Crippen LogP contribution in [0.3, 0.4) is 0 Å². The molecule has 0 aliphatic carbocycles. The molecule has 5 amide bonds. The fourth-order valence-electron chi connectivity index (χ4n) is 8.13. The van der Waals surface area contributed by atoms with E-state index in [2.05, 4.69) is 25.9 Å². The number of carbonyl (C=O) groups excluding carboxylic acids is 6. The summed E-state index contributed by atoms with van der Waals surface area (Å²) in [7, 11) is 0. The van der Waals surface area contributed by atoms with Crippen LogP contribution in [0, 0.1) is 24.7 Å². The minimum absolute atomic E-state index is 0.0767. The van der Waals surface area contributed by atoms with Crippen LogP contribution in [-0.2, 0) is 19.2 Å². The van der Waals surface area contributed by atoms with Crippen molar-refractivity contribution in [3.05, 3.63) is 156 Å². The molecule has 0 saturated carbocycles. The average molecular weight is 919 g/mol. The van der Waals surface area contributed by atoms with Gasteiger partial charge in [-0.2, -0.15) is 0 Å². The lowest BCUT2D eigenvalue weighted by Gasteiger charge is -2.36. The first-order valence-electron chi connectivity index (χ1n) is 21.8. The number of ether oxygens (including phenoxy) is 2. The molecule has 4 aliphatic heterocycles. The van der Waals surface area contributed by atoms with Crippen LogP contribution in [0.2, 0.25) is 0 Å². The van der Waals surface area contributed by atoms with E-state index in [1.807, 2.05) is 111 Å². The highest BCUT2D eigenvalue weighted by Gasteiger charge is 2.48. The maximum atomic E-state index is 13.6. The van der Waals surface area contributed by atoms with Crippen molar-refractivity contribution < 1.29 is 38.2 Å². The number of amides is 5. The van der Waals surface area contributed by atoms with E-state index in [1.54, 1.807) is 35.4 Å². The minimum Gasteiger partial charge on any atom is -0.490 e. The summed E-state index contributed by atoms with van der Waals surface area (Å²) < 4.78 is 12.1. The largest absolute Gasteiger partial charge is 0.490 e. The second-order valence-electron chi connectivity index (χ2n) is 16.9. The van der Waals surface area contributed by atoms with Crippen LogP contribution in [-0.4, -0.2) is 71.0 Å². The van der Waals surface area contributed by atoms with Gasteiger partial charge in [0.2, 0.25) is 23.6 Å². The Kier molecular flexibility index (Phi) is 13.5. The van der Waals surface area contributed by atoms with E-state index in [0.29, 0.717) is 48.4 Å². The fourth-order valence-corrected chi connectivity index (χ4v) is 8.24. The van der Waals surface area contributed by atoms with Crippen LogP contribution in [0.4, 0.5) is 11.4 Å². The quantitative estimate of drug-likeness (QED) is 0.115.